The maximum absolute atomic E-state index is 12.2. The second kappa shape index (κ2) is 7.51. The Kier molecular flexibility index (Phi) is 4.91. The van der Waals surface area contributed by atoms with Crippen LogP contribution in [0.1, 0.15) is 23.5 Å². The molecule has 0 saturated carbocycles. The minimum Gasteiger partial charge on any atom is -0.508 e. The summed E-state index contributed by atoms with van der Waals surface area (Å²) in [5.74, 6) is 0.613. The number of ether oxygens (including phenoxy) is 4. The molecule has 0 saturated heterocycles. The highest BCUT2D eigenvalue weighted by Gasteiger charge is 2.29. The number of phenolic OH excluding ortho intramolecular Hbond substituents is 1. The molecule has 0 amide bonds. The molecular formula is C19H18N2O6S. The summed E-state index contributed by atoms with van der Waals surface area (Å²) in [6.45, 7) is 0.844. The van der Waals surface area contributed by atoms with Crippen molar-refractivity contribution in [1.29, 1.82) is 0 Å². The minimum atomic E-state index is -0.537. The fraction of sp³-hybridized carbons (Fsp3) is 0.316. The average molecular weight is 402 g/mol. The number of nitrogens with zero attached hydrogens (tertiary/aromatic N) is 2. The molecule has 1 aromatic heterocycles. The number of hydrogen-bond acceptors (Lipinski definition) is 9. The molecule has 1 N–H and O–H groups in total. The van der Waals surface area contributed by atoms with Crippen LogP contribution >= 0.6 is 11.7 Å². The van der Waals surface area contributed by atoms with Gasteiger partial charge in [0.15, 0.2) is 11.5 Å². The van der Waals surface area contributed by atoms with Crippen LogP contribution in [0.5, 0.6) is 23.0 Å². The molecule has 8 nitrogen and oxygen atoms in total. The Morgan fingerprint density at radius 3 is 2.86 bits per heavy atom. The summed E-state index contributed by atoms with van der Waals surface area (Å²) in [6.07, 6.45) is 0.00347. The van der Waals surface area contributed by atoms with Crippen molar-refractivity contribution in [2.24, 2.45) is 0 Å². The van der Waals surface area contributed by atoms with Crippen molar-refractivity contribution in [2.75, 3.05) is 27.4 Å². The van der Waals surface area contributed by atoms with Crippen LogP contribution in [-0.4, -0.2) is 47.3 Å². The number of hydrogen-bond donors (Lipinski definition) is 1. The van der Waals surface area contributed by atoms with E-state index in [0.717, 1.165) is 11.7 Å². The van der Waals surface area contributed by atoms with Gasteiger partial charge in [-0.3, -0.25) is 4.79 Å². The second-order valence-corrected chi connectivity index (χ2v) is 6.74. The van der Waals surface area contributed by atoms with Gasteiger partial charge in [-0.05, 0) is 29.8 Å². The van der Waals surface area contributed by atoms with Gasteiger partial charge >= 0.3 is 5.97 Å². The van der Waals surface area contributed by atoms with Crippen LogP contribution in [0.2, 0.25) is 0 Å². The molecule has 2 heterocycles. The predicted octanol–water partition coefficient (Wildman–Crippen LogP) is 2.87. The number of benzene rings is 2. The number of phenols is 1. The maximum Gasteiger partial charge on any atom is 0.306 e. The largest absolute Gasteiger partial charge is 0.508 e. The van der Waals surface area contributed by atoms with Gasteiger partial charge < -0.3 is 24.1 Å². The maximum atomic E-state index is 12.2. The Labute approximate surface area is 164 Å². The molecule has 0 fully saturated rings. The number of carbonyl (C=O) groups is 1. The van der Waals surface area contributed by atoms with E-state index in [4.69, 9.17) is 18.9 Å². The average Bonchev–Trinajstić information content (AvgIpc) is 3.20. The van der Waals surface area contributed by atoms with Gasteiger partial charge in [-0.1, -0.05) is 0 Å². The molecule has 0 unspecified atom stereocenters. The Hall–Kier alpha value is -3.07. The van der Waals surface area contributed by atoms with E-state index in [1.807, 2.05) is 0 Å². The van der Waals surface area contributed by atoms with Crippen LogP contribution in [-0.2, 0) is 9.53 Å². The fourth-order valence-electron chi connectivity index (χ4n) is 3.34. The first-order valence-corrected chi connectivity index (χ1v) is 9.34. The molecular weight excluding hydrogens is 384 g/mol. The standard InChI is InChI=1S/C19H18N2O6S/c1-24-14-7-10(8-15-19(14)27-6-5-26-15)11(9-16(23)25-2)17-13(22)4-3-12-18(17)21-28-20-12/h3-4,7-8,11,22H,5-6,9H2,1-2H3/t11-/m0/s1. The number of aromatic hydroxyl groups is 1. The van der Waals surface area contributed by atoms with Crippen molar-refractivity contribution in [3.8, 4) is 23.0 Å². The molecule has 3 aromatic rings. The molecule has 0 radical (unpaired) electrons. The Morgan fingerprint density at radius 1 is 1.25 bits per heavy atom. The van der Waals surface area contributed by atoms with Gasteiger partial charge in [-0.25, -0.2) is 0 Å². The van der Waals surface area contributed by atoms with Crippen LogP contribution in [0.3, 0.4) is 0 Å². The van der Waals surface area contributed by atoms with Crippen molar-refractivity contribution in [3.63, 3.8) is 0 Å². The molecule has 9 heteroatoms. The van der Waals surface area contributed by atoms with Crippen LogP contribution in [0.25, 0.3) is 11.0 Å². The molecule has 0 spiro atoms. The third kappa shape index (κ3) is 3.18. The van der Waals surface area contributed by atoms with Crippen molar-refractivity contribution >= 4 is 28.7 Å². The summed E-state index contributed by atoms with van der Waals surface area (Å²) in [7, 11) is 2.86. The number of esters is 1. The number of fused-ring (bicyclic) bond motifs is 2. The number of carbonyl (C=O) groups excluding carboxylic acids is 1. The molecule has 1 atom stereocenters. The van der Waals surface area contributed by atoms with E-state index in [1.165, 1.54) is 14.2 Å². The number of aromatic nitrogens is 2. The van der Waals surface area contributed by atoms with Crippen molar-refractivity contribution in [1.82, 2.24) is 8.75 Å². The fourth-order valence-corrected chi connectivity index (χ4v) is 3.89. The summed E-state index contributed by atoms with van der Waals surface area (Å²) in [4.78, 5) is 12.2. The Morgan fingerprint density at radius 2 is 2.07 bits per heavy atom. The second-order valence-electron chi connectivity index (χ2n) is 6.21. The van der Waals surface area contributed by atoms with Crippen molar-refractivity contribution in [3.05, 3.63) is 35.4 Å². The Balaban J connectivity index is 1.91. The zero-order valence-electron chi connectivity index (χ0n) is 15.3. The highest BCUT2D eigenvalue weighted by Crippen LogP contribution is 2.46. The lowest BCUT2D eigenvalue weighted by molar-refractivity contribution is -0.140. The van der Waals surface area contributed by atoms with E-state index in [-0.39, 0.29) is 12.2 Å². The van der Waals surface area contributed by atoms with Crippen LogP contribution in [0.15, 0.2) is 24.3 Å². The van der Waals surface area contributed by atoms with Gasteiger partial charge in [0.05, 0.1) is 32.4 Å². The molecule has 0 bridgehead atoms. The SMILES string of the molecule is COC(=O)C[C@@H](c1cc(OC)c2c(c1)OCCO2)c1c(O)ccc2nsnc12. The third-order valence-electron chi connectivity index (χ3n) is 4.64. The van der Waals surface area contributed by atoms with Crippen LogP contribution in [0, 0.1) is 0 Å². The molecule has 146 valence electrons. The highest BCUT2D eigenvalue weighted by molar-refractivity contribution is 7.00. The van der Waals surface area contributed by atoms with E-state index in [2.05, 4.69) is 8.75 Å². The monoisotopic (exact) mass is 402 g/mol. The van der Waals surface area contributed by atoms with Gasteiger partial charge in [-0.2, -0.15) is 8.75 Å². The lowest BCUT2D eigenvalue weighted by atomic mass is 9.86. The summed E-state index contributed by atoms with van der Waals surface area (Å²) in [6, 6.07) is 6.82. The lowest BCUT2D eigenvalue weighted by Crippen LogP contribution is -2.17. The van der Waals surface area contributed by atoms with Crippen molar-refractivity contribution < 1.29 is 28.8 Å². The molecule has 2 aromatic carbocycles. The van der Waals surface area contributed by atoms with E-state index in [1.54, 1.807) is 24.3 Å². The third-order valence-corrected chi connectivity index (χ3v) is 5.19. The topological polar surface area (TPSA) is 100 Å². The summed E-state index contributed by atoms with van der Waals surface area (Å²) in [5.41, 5.74) is 2.42. The van der Waals surface area contributed by atoms with Crippen molar-refractivity contribution in [2.45, 2.75) is 12.3 Å². The highest BCUT2D eigenvalue weighted by atomic mass is 32.1. The van der Waals surface area contributed by atoms with Gasteiger partial charge in [0, 0.05) is 11.5 Å². The summed E-state index contributed by atoms with van der Waals surface area (Å²) in [5, 5.41) is 10.6. The zero-order valence-corrected chi connectivity index (χ0v) is 16.1. The van der Waals surface area contributed by atoms with Gasteiger partial charge in [0.25, 0.3) is 0 Å². The molecule has 28 heavy (non-hydrogen) atoms. The first-order valence-electron chi connectivity index (χ1n) is 8.60. The van der Waals surface area contributed by atoms with Crippen LogP contribution < -0.4 is 14.2 Å². The smallest absolute Gasteiger partial charge is 0.306 e. The molecule has 0 aliphatic carbocycles. The number of methoxy groups -OCH3 is 2. The minimum absolute atomic E-state index is 0.00347. The molecule has 1 aliphatic heterocycles. The number of rotatable bonds is 5. The quantitative estimate of drug-likeness (QED) is 0.651. The first-order chi connectivity index (χ1) is 13.6. The van der Waals surface area contributed by atoms with E-state index >= 15 is 0 Å². The van der Waals surface area contributed by atoms with E-state index in [9.17, 15) is 9.90 Å². The predicted molar refractivity (Wildman–Crippen MR) is 102 cm³/mol. The van der Waals surface area contributed by atoms with Gasteiger partial charge in [0.1, 0.15) is 30.0 Å². The molecule has 1 aliphatic rings. The Bertz CT molecular complexity index is 1020. The van der Waals surface area contributed by atoms with Crippen LogP contribution in [0.4, 0.5) is 0 Å². The van der Waals surface area contributed by atoms with Gasteiger partial charge in [-0.15, -0.1) is 0 Å². The van der Waals surface area contributed by atoms with E-state index < -0.39 is 11.9 Å². The van der Waals surface area contributed by atoms with E-state index in [0.29, 0.717) is 52.6 Å². The zero-order chi connectivity index (χ0) is 19.7. The summed E-state index contributed by atoms with van der Waals surface area (Å²) < 4.78 is 30.3. The van der Waals surface area contributed by atoms with Gasteiger partial charge in [0.2, 0.25) is 5.75 Å². The lowest BCUT2D eigenvalue weighted by Gasteiger charge is -2.24. The molecule has 4 rings (SSSR count). The normalized spacial score (nSPS) is 13.9. The first kappa shape index (κ1) is 18.3. The summed E-state index contributed by atoms with van der Waals surface area (Å²) >= 11 is 1.05.